The van der Waals surface area contributed by atoms with Crippen molar-refractivity contribution in [1.29, 1.82) is 0 Å². The smallest absolute Gasteiger partial charge is 0.396 e. The van der Waals surface area contributed by atoms with Crippen LogP contribution < -0.4 is 16.4 Å². The molecular formula is C10H13F3N4O. The third-order valence-electron chi connectivity index (χ3n) is 2.04. The van der Waals surface area contributed by atoms with E-state index in [1.807, 2.05) is 0 Å². The van der Waals surface area contributed by atoms with Crippen LogP contribution in [-0.4, -0.2) is 24.0 Å². The fraction of sp³-hybridized carbons (Fsp3) is 0.400. The number of anilines is 2. The first-order valence-electron chi connectivity index (χ1n) is 5.11. The summed E-state index contributed by atoms with van der Waals surface area (Å²) in [6, 6.07) is 0.813. The predicted octanol–water partition coefficient (Wildman–Crippen LogP) is 1.23. The van der Waals surface area contributed by atoms with Crippen molar-refractivity contribution in [2.75, 3.05) is 24.1 Å². The summed E-state index contributed by atoms with van der Waals surface area (Å²) < 4.78 is 37.0. The van der Waals surface area contributed by atoms with Gasteiger partial charge in [0.25, 0.3) is 0 Å². The number of nitrogens with zero attached hydrogens (tertiary/aromatic N) is 1. The van der Waals surface area contributed by atoms with Gasteiger partial charge in [0.15, 0.2) is 0 Å². The quantitative estimate of drug-likeness (QED) is 0.713. The Morgan fingerprint density at radius 2 is 2.11 bits per heavy atom. The lowest BCUT2D eigenvalue weighted by Gasteiger charge is -2.11. The molecule has 0 spiro atoms. The second kappa shape index (κ2) is 5.56. The predicted molar refractivity (Wildman–Crippen MR) is 60.8 cm³/mol. The number of hydrogen-bond donors (Lipinski definition) is 3. The van der Waals surface area contributed by atoms with Crippen LogP contribution in [-0.2, 0) is 11.0 Å². The van der Waals surface area contributed by atoms with E-state index in [-0.39, 0.29) is 17.4 Å². The van der Waals surface area contributed by atoms with E-state index >= 15 is 0 Å². The Morgan fingerprint density at radius 1 is 1.44 bits per heavy atom. The van der Waals surface area contributed by atoms with Crippen LogP contribution in [0.2, 0.25) is 0 Å². The van der Waals surface area contributed by atoms with Crippen LogP contribution in [0.5, 0.6) is 0 Å². The minimum atomic E-state index is -4.46. The standard InChI is InChI=1S/C10H13F3N4O/c1-6(18)15-2-3-16-9-8(14)4-7(5-17-9)10(11,12)13/h4-5H,2-3,14H2,1H3,(H,15,18)(H,16,17). The number of carbonyl (C=O) groups excluding carboxylic acids is 1. The molecule has 0 saturated carbocycles. The van der Waals surface area contributed by atoms with Gasteiger partial charge >= 0.3 is 6.18 Å². The van der Waals surface area contributed by atoms with E-state index in [4.69, 9.17) is 5.73 Å². The summed E-state index contributed by atoms with van der Waals surface area (Å²) in [5.41, 5.74) is 4.46. The number of aromatic nitrogens is 1. The van der Waals surface area contributed by atoms with Gasteiger partial charge in [0.2, 0.25) is 5.91 Å². The molecule has 5 nitrogen and oxygen atoms in total. The Hall–Kier alpha value is -1.99. The Morgan fingerprint density at radius 3 is 2.61 bits per heavy atom. The number of nitrogens with two attached hydrogens (primary N) is 1. The highest BCUT2D eigenvalue weighted by Gasteiger charge is 2.31. The van der Waals surface area contributed by atoms with Crippen LogP contribution in [0.3, 0.4) is 0 Å². The average Bonchev–Trinajstić information content (AvgIpc) is 2.24. The summed E-state index contributed by atoms with van der Waals surface area (Å²) in [5, 5.41) is 5.25. The molecule has 1 heterocycles. The van der Waals surface area contributed by atoms with Crippen LogP contribution in [0.4, 0.5) is 24.7 Å². The lowest BCUT2D eigenvalue weighted by atomic mass is 10.2. The van der Waals surface area contributed by atoms with Crippen LogP contribution in [0, 0.1) is 0 Å². The maximum atomic E-state index is 12.3. The molecule has 0 aliphatic carbocycles. The van der Waals surface area contributed by atoms with Gasteiger partial charge in [-0.1, -0.05) is 0 Å². The van der Waals surface area contributed by atoms with Crippen molar-refractivity contribution in [2.24, 2.45) is 0 Å². The normalized spacial score (nSPS) is 11.1. The molecule has 1 aromatic rings. The lowest BCUT2D eigenvalue weighted by Crippen LogP contribution is -2.26. The van der Waals surface area contributed by atoms with E-state index < -0.39 is 11.7 Å². The molecule has 0 atom stereocenters. The molecule has 0 unspecified atom stereocenters. The lowest BCUT2D eigenvalue weighted by molar-refractivity contribution is -0.137. The second-order valence-electron chi connectivity index (χ2n) is 3.57. The van der Waals surface area contributed by atoms with Gasteiger partial charge in [0.1, 0.15) is 5.82 Å². The maximum Gasteiger partial charge on any atom is 0.417 e. The number of nitrogens with one attached hydrogen (secondary N) is 2. The molecule has 1 aromatic heterocycles. The molecule has 0 aliphatic heterocycles. The molecule has 0 radical (unpaired) electrons. The number of hydrogen-bond acceptors (Lipinski definition) is 4. The molecule has 0 fully saturated rings. The molecular weight excluding hydrogens is 249 g/mol. The summed E-state index contributed by atoms with van der Waals surface area (Å²) in [4.78, 5) is 14.2. The van der Waals surface area contributed by atoms with Crippen molar-refractivity contribution in [1.82, 2.24) is 10.3 Å². The largest absolute Gasteiger partial charge is 0.417 e. The van der Waals surface area contributed by atoms with E-state index in [0.717, 1.165) is 6.07 Å². The Labute approximate surface area is 102 Å². The van der Waals surface area contributed by atoms with Gasteiger partial charge in [0, 0.05) is 26.2 Å². The number of nitrogen functional groups attached to an aromatic ring is 1. The average molecular weight is 262 g/mol. The van der Waals surface area contributed by atoms with E-state index in [9.17, 15) is 18.0 Å². The van der Waals surface area contributed by atoms with Crippen LogP contribution in [0.1, 0.15) is 12.5 Å². The number of amides is 1. The van der Waals surface area contributed by atoms with E-state index in [2.05, 4.69) is 15.6 Å². The zero-order valence-electron chi connectivity index (χ0n) is 9.64. The molecule has 0 aromatic carbocycles. The Kier molecular flexibility index (Phi) is 4.35. The highest BCUT2D eigenvalue weighted by molar-refractivity contribution is 5.72. The molecule has 0 saturated heterocycles. The minimum Gasteiger partial charge on any atom is -0.396 e. The number of alkyl halides is 3. The van der Waals surface area contributed by atoms with E-state index in [1.54, 1.807) is 0 Å². The fourth-order valence-corrected chi connectivity index (χ4v) is 1.20. The highest BCUT2D eigenvalue weighted by atomic mass is 19.4. The fourth-order valence-electron chi connectivity index (χ4n) is 1.20. The number of pyridine rings is 1. The van der Waals surface area contributed by atoms with Gasteiger partial charge in [-0.3, -0.25) is 4.79 Å². The molecule has 1 amide bonds. The maximum absolute atomic E-state index is 12.3. The first-order chi connectivity index (χ1) is 8.30. The molecule has 18 heavy (non-hydrogen) atoms. The molecule has 0 bridgehead atoms. The molecule has 8 heteroatoms. The zero-order chi connectivity index (χ0) is 13.8. The van der Waals surface area contributed by atoms with Crippen LogP contribution in [0.15, 0.2) is 12.3 Å². The Bertz CT molecular complexity index is 434. The SMILES string of the molecule is CC(=O)NCCNc1ncc(C(F)(F)F)cc1N. The summed E-state index contributed by atoms with van der Waals surface area (Å²) in [6.45, 7) is 2.02. The van der Waals surface area contributed by atoms with Crippen molar-refractivity contribution >= 4 is 17.4 Å². The summed E-state index contributed by atoms with van der Waals surface area (Å²) >= 11 is 0. The number of halogens is 3. The second-order valence-corrected chi connectivity index (χ2v) is 3.57. The van der Waals surface area contributed by atoms with Crippen LogP contribution >= 0.6 is 0 Å². The molecule has 4 N–H and O–H groups in total. The topological polar surface area (TPSA) is 80.0 Å². The van der Waals surface area contributed by atoms with E-state index in [0.29, 0.717) is 19.3 Å². The minimum absolute atomic E-state index is 0.0901. The number of carbonyl (C=O) groups is 1. The van der Waals surface area contributed by atoms with Gasteiger partial charge in [-0.2, -0.15) is 13.2 Å². The summed E-state index contributed by atoms with van der Waals surface area (Å²) in [6.07, 6.45) is -3.76. The molecule has 0 aliphatic rings. The summed E-state index contributed by atoms with van der Waals surface area (Å²) in [7, 11) is 0. The van der Waals surface area contributed by atoms with Crippen molar-refractivity contribution in [3.63, 3.8) is 0 Å². The third-order valence-corrected chi connectivity index (χ3v) is 2.04. The van der Waals surface area contributed by atoms with Gasteiger partial charge in [-0.15, -0.1) is 0 Å². The first-order valence-corrected chi connectivity index (χ1v) is 5.11. The van der Waals surface area contributed by atoms with Crippen LogP contribution in [0.25, 0.3) is 0 Å². The van der Waals surface area contributed by atoms with E-state index in [1.165, 1.54) is 6.92 Å². The van der Waals surface area contributed by atoms with Gasteiger partial charge < -0.3 is 16.4 Å². The van der Waals surface area contributed by atoms with Crippen molar-refractivity contribution in [2.45, 2.75) is 13.1 Å². The highest BCUT2D eigenvalue weighted by Crippen LogP contribution is 2.31. The monoisotopic (exact) mass is 262 g/mol. The van der Waals surface area contributed by atoms with Crippen molar-refractivity contribution in [3.05, 3.63) is 17.8 Å². The molecule has 100 valence electrons. The van der Waals surface area contributed by atoms with Gasteiger partial charge in [-0.05, 0) is 6.07 Å². The van der Waals surface area contributed by atoms with Crippen molar-refractivity contribution in [3.8, 4) is 0 Å². The zero-order valence-corrected chi connectivity index (χ0v) is 9.64. The third kappa shape index (κ3) is 4.11. The Balaban J connectivity index is 2.60. The molecule has 1 rings (SSSR count). The van der Waals surface area contributed by atoms with Gasteiger partial charge in [0.05, 0.1) is 11.3 Å². The van der Waals surface area contributed by atoms with Crippen molar-refractivity contribution < 1.29 is 18.0 Å². The van der Waals surface area contributed by atoms with Gasteiger partial charge in [-0.25, -0.2) is 4.98 Å². The summed E-state index contributed by atoms with van der Waals surface area (Å²) in [5.74, 6) is -0.0292. The number of rotatable bonds is 4. The first kappa shape index (κ1) is 14.1.